The van der Waals surface area contributed by atoms with Crippen LogP contribution in [0.3, 0.4) is 0 Å². The van der Waals surface area contributed by atoms with Gasteiger partial charge in [-0.3, -0.25) is 4.79 Å². The highest BCUT2D eigenvalue weighted by atomic mass is 35.5. The standard InChI is InChI=1S/C19H15Cl2NO4/c1-11(16-9-12-5-2-3-8-15(12)26-16)22-17(23)10-25-19(24)13-6-4-7-14(20)18(13)21/h2-9,11H,10H2,1H3,(H,22,23)/t11-/m1/s1. The van der Waals surface area contributed by atoms with Crippen LogP contribution in [0, 0.1) is 0 Å². The average Bonchev–Trinajstić information content (AvgIpc) is 3.06. The van der Waals surface area contributed by atoms with E-state index in [0.717, 1.165) is 11.0 Å². The van der Waals surface area contributed by atoms with E-state index >= 15 is 0 Å². The van der Waals surface area contributed by atoms with Crippen molar-refractivity contribution in [1.82, 2.24) is 5.32 Å². The molecule has 1 aromatic heterocycles. The minimum absolute atomic E-state index is 0.0928. The van der Waals surface area contributed by atoms with Crippen LogP contribution < -0.4 is 5.32 Å². The molecule has 7 heteroatoms. The van der Waals surface area contributed by atoms with E-state index in [1.54, 1.807) is 19.1 Å². The van der Waals surface area contributed by atoms with Gasteiger partial charge in [0.25, 0.3) is 5.91 Å². The SMILES string of the molecule is C[C@@H](NC(=O)COC(=O)c1cccc(Cl)c1Cl)c1cc2ccccc2o1. The van der Waals surface area contributed by atoms with Gasteiger partial charge in [-0.25, -0.2) is 4.79 Å². The molecule has 26 heavy (non-hydrogen) atoms. The number of ether oxygens (including phenoxy) is 1. The Morgan fingerprint density at radius 2 is 1.92 bits per heavy atom. The second-order valence-electron chi connectivity index (χ2n) is 5.65. The highest BCUT2D eigenvalue weighted by molar-refractivity contribution is 6.43. The lowest BCUT2D eigenvalue weighted by atomic mass is 10.2. The van der Waals surface area contributed by atoms with Crippen LogP contribution in [0.5, 0.6) is 0 Å². The van der Waals surface area contributed by atoms with E-state index in [2.05, 4.69) is 5.32 Å². The Bertz CT molecular complexity index is 934. The van der Waals surface area contributed by atoms with Gasteiger partial charge in [-0.1, -0.05) is 47.5 Å². The van der Waals surface area contributed by atoms with Gasteiger partial charge in [0, 0.05) is 5.39 Å². The normalized spacial score (nSPS) is 12.0. The molecule has 0 spiro atoms. The molecule has 0 aliphatic heterocycles. The summed E-state index contributed by atoms with van der Waals surface area (Å²) in [4.78, 5) is 24.1. The van der Waals surface area contributed by atoms with E-state index in [1.165, 1.54) is 6.07 Å². The van der Waals surface area contributed by atoms with E-state index in [0.29, 0.717) is 5.76 Å². The topological polar surface area (TPSA) is 68.5 Å². The van der Waals surface area contributed by atoms with Crippen molar-refractivity contribution in [3.8, 4) is 0 Å². The third kappa shape index (κ3) is 4.00. The number of carbonyl (C=O) groups is 2. The molecule has 134 valence electrons. The zero-order valence-electron chi connectivity index (χ0n) is 13.8. The molecule has 1 atom stereocenters. The number of furan rings is 1. The van der Waals surface area contributed by atoms with Crippen LogP contribution >= 0.6 is 23.2 Å². The van der Waals surface area contributed by atoms with Crippen molar-refractivity contribution in [2.24, 2.45) is 0 Å². The first kappa shape index (κ1) is 18.3. The van der Waals surface area contributed by atoms with Gasteiger partial charge in [-0.05, 0) is 31.2 Å². The number of hydrogen-bond acceptors (Lipinski definition) is 4. The molecule has 0 aliphatic rings. The summed E-state index contributed by atoms with van der Waals surface area (Å²) in [5, 5.41) is 4.00. The van der Waals surface area contributed by atoms with Crippen molar-refractivity contribution in [2.75, 3.05) is 6.61 Å². The van der Waals surface area contributed by atoms with Gasteiger partial charge in [-0.2, -0.15) is 0 Å². The zero-order chi connectivity index (χ0) is 18.7. The van der Waals surface area contributed by atoms with E-state index in [9.17, 15) is 9.59 Å². The number of para-hydroxylation sites is 1. The molecule has 1 N–H and O–H groups in total. The number of amides is 1. The molecular formula is C19H15Cl2NO4. The van der Waals surface area contributed by atoms with Crippen LogP contribution in [0.4, 0.5) is 0 Å². The molecule has 1 heterocycles. The van der Waals surface area contributed by atoms with Crippen molar-refractivity contribution in [3.63, 3.8) is 0 Å². The molecule has 3 aromatic rings. The van der Waals surface area contributed by atoms with Crippen molar-refractivity contribution < 1.29 is 18.7 Å². The number of halogens is 2. The Kier molecular flexibility index (Phi) is 5.49. The summed E-state index contributed by atoms with van der Waals surface area (Å²) in [6.45, 7) is 1.34. The Morgan fingerprint density at radius 3 is 2.69 bits per heavy atom. The average molecular weight is 392 g/mol. The molecule has 3 rings (SSSR count). The molecule has 1 amide bonds. The van der Waals surface area contributed by atoms with E-state index in [1.807, 2.05) is 30.3 Å². The quantitative estimate of drug-likeness (QED) is 0.635. The summed E-state index contributed by atoms with van der Waals surface area (Å²) in [5.41, 5.74) is 0.850. The second kappa shape index (κ2) is 7.81. The molecule has 0 saturated heterocycles. The van der Waals surface area contributed by atoms with Crippen LogP contribution in [-0.2, 0) is 9.53 Å². The van der Waals surface area contributed by atoms with Crippen LogP contribution in [0.1, 0.15) is 29.1 Å². The number of benzene rings is 2. The van der Waals surface area contributed by atoms with Crippen LogP contribution in [0.25, 0.3) is 11.0 Å². The van der Waals surface area contributed by atoms with E-state index in [-0.39, 0.29) is 21.7 Å². The first-order valence-electron chi connectivity index (χ1n) is 7.84. The molecule has 2 aromatic carbocycles. The molecule has 0 bridgehead atoms. The molecule has 0 fully saturated rings. The lowest BCUT2D eigenvalue weighted by molar-refractivity contribution is -0.125. The molecule has 5 nitrogen and oxygen atoms in total. The maximum absolute atomic E-state index is 12.0. The van der Waals surface area contributed by atoms with Gasteiger partial charge in [-0.15, -0.1) is 0 Å². The van der Waals surface area contributed by atoms with Gasteiger partial charge in [0.05, 0.1) is 21.7 Å². The number of carbonyl (C=O) groups excluding carboxylic acids is 2. The van der Waals surface area contributed by atoms with Crippen LogP contribution in [-0.4, -0.2) is 18.5 Å². The van der Waals surface area contributed by atoms with Gasteiger partial charge in [0.2, 0.25) is 0 Å². The first-order chi connectivity index (χ1) is 12.5. The highest BCUT2D eigenvalue weighted by Gasteiger charge is 2.18. The van der Waals surface area contributed by atoms with Gasteiger partial charge >= 0.3 is 5.97 Å². The maximum atomic E-state index is 12.0. The number of rotatable bonds is 5. The predicted molar refractivity (Wildman–Crippen MR) is 99.5 cm³/mol. The lowest BCUT2D eigenvalue weighted by Crippen LogP contribution is -2.31. The van der Waals surface area contributed by atoms with Gasteiger partial charge in [0.15, 0.2) is 6.61 Å². The minimum atomic E-state index is -0.718. The summed E-state index contributed by atoms with van der Waals surface area (Å²) >= 11 is 11.8. The Hall–Kier alpha value is -2.50. The van der Waals surface area contributed by atoms with Crippen LogP contribution in [0.2, 0.25) is 10.0 Å². The maximum Gasteiger partial charge on any atom is 0.340 e. The van der Waals surface area contributed by atoms with E-state index in [4.69, 9.17) is 32.4 Å². The summed E-state index contributed by atoms with van der Waals surface area (Å²) in [7, 11) is 0. The zero-order valence-corrected chi connectivity index (χ0v) is 15.3. The first-order valence-corrected chi connectivity index (χ1v) is 8.60. The predicted octanol–water partition coefficient (Wildman–Crippen LogP) is 4.77. The van der Waals surface area contributed by atoms with Crippen molar-refractivity contribution in [2.45, 2.75) is 13.0 Å². The van der Waals surface area contributed by atoms with Gasteiger partial charge in [0.1, 0.15) is 11.3 Å². The fourth-order valence-electron chi connectivity index (χ4n) is 2.44. The summed E-state index contributed by atoms with van der Waals surface area (Å²) < 4.78 is 10.7. The fraction of sp³-hybridized carbons (Fsp3) is 0.158. The number of hydrogen-bond donors (Lipinski definition) is 1. The number of nitrogens with one attached hydrogen (secondary N) is 1. The van der Waals surface area contributed by atoms with E-state index < -0.39 is 18.5 Å². The Balaban J connectivity index is 1.58. The molecule has 0 aliphatic carbocycles. The molecule has 0 radical (unpaired) electrons. The smallest absolute Gasteiger partial charge is 0.340 e. The van der Waals surface area contributed by atoms with Crippen LogP contribution in [0.15, 0.2) is 52.9 Å². The number of esters is 1. The highest BCUT2D eigenvalue weighted by Crippen LogP contribution is 2.26. The summed E-state index contributed by atoms with van der Waals surface area (Å²) in [5.74, 6) is -0.558. The summed E-state index contributed by atoms with van der Waals surface area (Å²) in [6, 6.07) is 13.7. The Morgan fingerprint density at radius 1 is 1.15 bits per heavy atom. The third-order valence-electron chi connectivity index (χ3n) is 3.75. The second-order valence-corrected chi connectivity index (χ2v) is 6.44. The Labute approximate surface area is 159 Å². The van der Waals surface area contributed by atoms with Crippen molar-refractivity contribution >= 4 is 46.0 Å². The monoisotopic (exact) mass is 391 g/mol. The lowest BCUT2D eigenvalue weighted by Gasteiger charge is -2.12. The minimum Gasteiger partial charge on any atom is -0.459 e. The fourth-order valence-corrected chi connectivity index (χ4v) is 2.82. The number of fused-ring (bicyclic) bond motifs is 1. The molecule has 0 saturated carbocycles. The summed E-state index contributed by atoms with van der Waals surface area (Å²) in [6.07, 6.45) is 0. The van der Waals surface area contributed by atoms with Crippen molar-refractivity contribution in [1.29, 1.82) is 0 Å². The van der Waals surface area contributed by atoms with Crippen molar-refractivity contribution in [3.05, 3.63) is 69.9 Å². The third-order valence-corrected chi connectivity index (χ3v) is 4.57. The molecular weight excluding hydrogens is 377 g/mol. The molecule has 0 unspecified atom stereocenters. The largest absolute Gasteiger partial charge is 0.459 e. The van der Waals surface area contributed by atoms with Gasteiger partial charge < -0.3 is 14.5 Å².